The molecule has 0 spiro atoms. The summed E-state index contributed by atoms with van der Waals surface area (Å²) in [6.45, 7) is 25.4. The summed E-state index contributed by atoms with van der Waals surface area (Å²) in [5.41, 5.74) is 8.55. The first-order chi connectivity index (χ1) is 25.5. The Morgan fingerprint density at radius 1 is 0.873 bits per heavy atom. The molecule has 0 atom stereocenters. The van der Waals surface area contributed by atoms with Crippen molar-refractivity contribution in [2.45, 2.75) is 121 Å². The predicted molar refractivity (Wildman–Crippen MR) is 226 cm³/mol. The van der Waals surface area contributed by atoms with Crippen LogP contribution in [0.15, 0.2) is 87.6 Å². The molecule has 0 fully saturated rings. The minimum absolute atomic E-state index is 0. The van der Waals surface area contributed by atoms with Crippen LogP contribution in [0.3, 0.4) is 0 Å². The molecule has 0 saturated heterocycles. The van der Waals surface area contributed by atoms with Gasteiger partial charge in [0, 0.05) is 65.3 Å². The molecule has 6 rings (SSSR count). The van der Waals surface area contributed by atoms with Gasteiger partial charge in [-0.3, -0.25) is 9.78 Å². The van der Waals surface area contributed by atoms with Gasteiger partial charge in [0.05, 0.1) is 6.26 Å². The quantitative estimate of drug-likeness (QED) is 0.0796. The van der Waals surface area contributed by atoms with Gasteiger partial charge in [-0.05, 0) is 68.1 Å². The van der Waals surface area contributed by atoms with Crippen molar-refractivity contribution in [3.05, 3.63) is 102 Å². The van der Waals surface area contributed by atoms with Crippen LogP contribution in [0.2, 0.25) is 0 Å². The van der Waals surface area contributed by atoms with Gasteiger partial charge >= 0.3 is 0 Å². The third kappa shape index (κ3) is 9.19. The zero-order valence-electron chi connectivity index (χ0n) is 35.0. The summed E-state index contributed by atoms with van der Waals surface area (Å²) < 4.78 is 12.1. The largest absolute Gasteiger partial charge is 0.512 e. The maximum atomic E-state index is 12.2. The van der Waals surface area contributed by atoms with Crippen LogP contribution in [0.5, 0.6) is 0 Å². The molecule has 0 unspecified atom stereocenters. The second kappa shape index (κ2) is 17.4. The molecule has 0 aliphatic carbocycles. The van der Waals surface area contributed by atoms with Crippen molar-refractivity contribution in [2.24, 2.45) is 16.7 Å². The zero-order valence-corrected chi connectivity index (χ0v) is 37.4. The fraction of sp³-hybridized carbons (Fsp3) is 0.429. The summed E-state index contributed by atoms with van der Waals surface area (Å²) >= 11 is 0. The molecule has 0 aliphatic heterocycles. The number of aliphatic hydroxyl groups is 1. The number of rotatable bonds is 11. The third-order valence-corrected chi connectivity index (χ3v) is 11.8. The number of aryl methyl sites for hydroxylation is 1. The molecule has 0 amide bonds. The summed E-state index contributed by atoms with van der Waals surface area (Å²) in [6, 6.07) is 24.9. The Bertz CT molecular complexity index is 2290. The van der Waals surface area contributed by atoms with Crippen LogP contribution in [0, 0.1) is 29.7 Å². The van der Waals surface area contributed by atoms with Crippen LogP contribution >= 0.6 is 0 Å². The summed E-state index contributed by atoms with van der Waals surface area (Å²) in [4.78, 5) is 17.2. The molecule has 0 aliphatic rings. The summed E-state index contributed by atoms with van der Waals surface area (Å²) in [5.74, 6) is 1.83. The van der Waals surface area contributed by atoms with Crippen molar-refractivity contribution >= 4 is 38.6 Å². The Balaban J connectivity index is 0.000000320. The standard InChI is InChI=1S/C34H32NO2.C15H28O2.Ir/c1-20(2)15-26-21(3)37-32-12-11-23(17-28(26)32)27-19-31(35-30-13-14-36-33(27)30)24-16-22-9-7-8-10-25(22)29(18-24)34(4,5)6;1-7-14(5,8-2)12(16)11-13(17)15(6,9-3)10-4;/h7-14,17-20H,15H2,1-6H3;11,16H,7-10H2,1-6H3;/q-1;;/b;12-11-;. The average Bonchev–Trinajstić information content (AvgIpc) is 3.76. The monoisotopic (exact) mass is 919 g/mol. The second-order valence-electron chi connectivity index (χ2n) is 17.0. The van der Waals surface area contributed by atoms with E-state index in [1.807, 2.05) is 47.6 Å². The van der Waals surface area contributed by atoms with E-state index in [-0.39, 0.29) is 47.9 Å². The first kappa shape index (κ1) is 43.7. The number of carbonyl (C=O) groups is 1. The van der Waals surface area contributed by atoms with Crippen LogP contribution in [0.25, 0.3) is 55.2 Å². The topological polar surface area (TPSA) is 76.5 Å². The van der Waals surface area contributed by atoms with Gasteiger partial charge in [0.15, 0.2) is 11.4 Å². The van der Waals surface area contributed by atoms with Gasteiger partial charge in [0.25, 0.3) is 0 Å². The molecule has 55 heavy (non-hydrogen) atoms. The van der Waals surface area contributed by atoms with E-state index in [2.05, 4.69) is 102 Å². The molecule has 6 heteroatoms. The van der Waals surface area contributed by atoms with E-state index in [0.717, 1.165) is 82.3 Å². The number of pyridine rings is 1. The van der Waals surface area contributed by atoms with Crippen molar-refractivity contribution in [1.82, 2.24) is 4.98 Å². The Morgan fingerprint density at radius 3 is 2.15 bits per heavy atom. The number of hydrogen-bond donors (Lipinski definition) is 1. The van der Waals surface area contributed by atoms with Crippen molar-refractivity contribution in [2.75, 3.05) is 0 Å². The van der Waals surface area contributed by atoms with E-state index in [9.17, 15) is 9.90 Å². The van der Waals surface area contributed by atoms with Crippen molar-refractivity contribution in [3.63, 3.8) is 0 Å². The third-order valence-electron chi connectivity index (χ3n) is 11.8. The second-order valence-corrected chi connectivity index (χ2v) is 17.0. The minimum Gasteiger partial charge on any atom is -0.512 e. The summed E-state index contributed by atoms with van der Waals surface area (Å²) in [6.07, 6.45) is 7.46. The van der Waals surface area contributed by atoms with Gasteiger partial charge < -0.3 is 13.9 Å². The van der Waals surface area contributed by atoms with Crippen LogP contribution in [-0.2, 0) is 36.7 Å². The van der Waals surface area contributed by atoms with Gasteiger partial charge in [0.1, 0.15) is 22.6 Å². The van der Waals surface area contributed by atoms with Gasteiger partial charge in [0.2, 0.25) is 0 Å². The van der Waals surface area contributed by atoms with Gasteiger partial charge in [-0.25, -0.2) is 0 Å². The first-order valence-corrected chi connectivity index (χ1v) is 19.8. The SMILES string of the molecule is CCC(C)(CC)C(=O)/C=C(\O)C(C)(CC)CC.Cc1oc2ccc(-c3cc(-c4[c-]c5ccccc5c(C(C)(C)C)c4)nc4ccoc34)cc2c1CC(C)C.[Ir]. The molecule has 0 bridgehead atoms. The minimum atomic E-state index is -0.337. The molecule has 0 saturated carbocycles. The number of ketones is 1. The number of aromatic nitrogens is 1. The smallest absolute Gasteiger partial charge is 0.164 e. The van der Waals surface area contributed by atoms with Crippen molar-refractivity contribution in [3.8, 4) is 22.4 Å². The number of benzene rings is 3. The number of hydrogen-bond acceptors (Lipinski definition) is 5. The molecule has 295 valence electrons. The number of aliphatic hydroxyl groups excluding tert-OH is 1. The van der Waals surface area contributed by atoms with E-state index in [1.54, 1.807) is 6.26 Å². The Labute approximate surface area is 342 Å². The van der Waals surface area contributed by atoms with Crippen LogP contribution in [0.1, 0.15) is 119 Å². The average molecular weight is 919 g/mol. The van der Waals surface area contributed by atoms with Crippen LogP contribution in [-0.4, -0.2) is 15.9 Å². The molecular weight excluding hydrogens is 859 g/mol. The molecule has 6 aromatic rings. The number of furan rings is 2. The van der Waals surface area contributed by atoms with E-state index >= 15 is 0 Å². The first-order valence-electron chi connectivity index (χ1n) is 19.8. The molecular formula is C49H60IrNO4-. The number of nitrogens with zero attached hydrogens (tertiary/aromatic N) is 1. The van der Waals surface area contributed by atoms with E-state index in [1.165, 1.54) is 28.0 Å². The number of carbonyl (C=O) groups excluding carboxylic acids is 1. The van der Waals surface area contributed by atoms with Crippen molar-refractivity contribution < 1.29 is 38.8 Å². The number of fused-ring (bicyclic) bond motifs is 3. The number of allylic oxidation sites excluding steroid dienone is 2. The van der Waals surface area contributed by atoms with E-state index in [0.29, 0.717) is 5.92 Å². The van der Waals surface area contributed by atoms with E-state index in [4.69, 9.17) is 13.8 Å². The van der Waals surface area contributed by atoms with E-state index < -0.39 is 0 Å². The van der Waals surface area contributed by atoms with Crippen LogP contribution in [0.4, 0.5) is 0 Å². The Kier molecular flexibility index (Phi) is 13.9. The summed E-state index contributed by atoms with van der Waals surface area (Å²) in [5, 5.41) is 13.7. The molecule has 3 aromatic heterocycles. The van der Waals surface area contributed by atoms with Crippen LogP contribution < -0.4 is 0 Å². The van der Waals surface area contributed by atoms with Gasteiger partial charge in [-0.15, -0.1) is 29.1 Å². The predicted octanol–water partition coefficient (Wildman–Crippen LogP) is 14.3. The van der Waals surface area contributed by atoms with Gasteiger partial charge in [-0.2, -0.15) is 0 Å². The fourth-order valence-corrected chi connectivity index (χ4v) is 7.08. The Morgan fingerprint density at radius 2 is 1.53 bits per heavy atom. The summed E-state index contributed by atoms with van der Waals surface area (Å²) in [7, 11) is 0. The zero-order chi connectivity index (χ0) is 39.6. The normalized spacial score (nSPS) is 12.6. The molecule has 3 heterocycles. The molecule has 3 aromatic carbocycles. The Hall–Kier alpha value is -3.99. The molecule has 1 radical (unpaired) electrons. The maximum Gasteiger partial charge on any atom is 0.164 e. The molecule has 5 nitrogen and oxygen atoms in total. The molecule has 1 N–H and O–H groups in total. The fourth-order valence-electron chi connectivity index (χ4n) is 7.08. The van der Waals surface area contributed by atoms with Gasteiger partial charge in [-0.1, -0.05) is 117 Å². The van der Waals surface area contributed by atoms with Crippen molar-refractivity contribution in [1.29, 1.82) is 0 Å². The maximum absolute atomic E-state index is 12.2.